The SMILES string of the molecule is CCC(C)/C=N/N1CCOCC1. The van der Waals surface area contributed by atoms with Gasteiger partial charge in [-0.05, 0) is 12.3 Å². The third-order valence-corrected chi connectivity index (χ3v) is 2.12. The molecule has 1 saturated heterocycles. The minimum Gasteiger partial charge on any atom is -0.378 e. The van der Waals surface area contributed by atoms with Gasteiger partial charge in [-0.1, -0.05) is 13.8 Å². The van der Waals surface area contributed by atoms with Gasteiger partial charge in [-0.25, -0.2) is 0 Å². The Morgan fingerprint density at radius 3 is 2.75 bits per heavy atom. The maximum Gasteiger partial charge on any atom is 0.0659 e. The molecule has 70 valence electrons. The van der Waals surface area contributed by atoms with E-state index in [1.807, 2.05) is 6.21 Å². The lowest BCUT2D eigenvalue weighted by molar-refractivity contribution is 0.0394. The molecule has 1 fully saturated rings. The molecule has 0 spiro atoms. The molecule has 0 aromatic rings. The molecule has 0 amide bonds. The van der Waals surface area contributed by atoms with Crippen LogP contribution in [-0.2, 0) is 4.74 Å². The van der Waals surface area contributed by atoms with Gasteiger partial charge in [0.15, 0.2) is 0 Å². The summed E-state index contributed by atoms with van der Waals surface area (Å²) in [5, 5.41) is 6.46. The molecule has 12 heavy (non-hydrogen) atoms. The first kappa shape index (κ1) is 9.52. The van der Waals surface area contributed by atoms with E-state index in [4.69, 9.17) is 4.74 Å². The van der Waals surface area contributed by atoms with Gasteiger partial charge in [0.05, 0.1) is 26.3 Å². The average Bonchev–Trinajstić information content (AvgIpc) is 2.16. The zero-order valence-corrected chi connectivity index (χ0v) is 7.99. The fraction of sp³-hybridized carbons (Fsp3) is 0.889. The second-order valence-corrected chi connectivity index (χ2v) is 3.22. The molecule has 1 rings (SSSR count). The molecular weight excluding hydrogens is 152 g/mol. The lowest BCUT2D eigenvalue weighted by Gasteiger charge is -2.23. The highest BCUT2D eigenvalue weighted by molar-refractivity contribution is 5.59. The van der Waals surface area contributed by atoms with Crippen LogP contribution >= 0.6 is 0 Å². The number of hydrogen-bond acceptors (Lipinski definition) is 3. The molecule has 1 aliphatic rings. The zero-order valence-electron chi connectivity index (χ0n) is 7.99. The topological polar surface area (TPSA) is 24.8 Å². The summed E-state index contributed by atoms with van der Waals surface area (Å²) < 4.78 is 5.22. The van der Waals surface area contributed by atoms with Gasteiger partial charge in [-0.2, -0.15) is 5.10 Å². The summed E-state index contributed by atoms with van der Waals surface area (Å²) in [4.78, 5) is 0. The Hall–Kier alpha value is -0.570. The van der Waals surface area contributed by atoms with Gasteiger partial charge < -0.3 is 4.74 Å². The molecule has 1 heterocycles. The van der Waals surface area contributed by atoms with Crippen molar-refractivity contribution in [1.82, 2.24) is 5.01 Å². The molecule has 1 aliphatic heterocycles. The molecule has 0 aromatic heterocycles. The molecule has 3 heteroatoms. The fourth-order valence-corrected chi connectivity index (χ4v) is 0.983. The standard InChI is InChI=1S/C9H18N2O/c1-3-9(2)8-10-11-4-6-12-7-5-11/h8-9H,3-7H2,1-2H3/b10-8+. The number of hydrazone groups is 1. The van der Waals surface area contributed by atoms with E-state index >= 15 is 0 Å². The fourth-order valence-electron chi connectivity index (χ4n) is 0.983. The number of morpholine rings is 1. The van der Waals surface area contributed by atoms with Gasteiger partial charge in [0.25, 0.3) is 0 Å². The Bertz CT molecular complexity index is 141. The van der Waals surface area contributed by atoms with E-state index in [1.165, 1.54) is 0 Å². The number of rotatable bonds is 3. The Labute approximate surface area is 74.4 Å². The Morgan fingerprint density at radius 2 is 2.17 bits per heavy atom. The number of hydrogen-bond donors (Lipinski definition) is 0. The Kier molecular flexibility index (Phi) is 4.08. The van der Waals surface area contributed by atoms with Crippen LogP contribution < -0.4 is 0 Å². The van der Waals surface area contributed by atoms with Crippen molar-refractivity contribution in [2.24, 2.45) is 11.0 Å². The number of nitrogens with zero attached hydrogens (tertiary/aromatic N) is 2. The van der Waals surface area contributed by atoms with Crippen LogP contribution in [0.3, 0.4) is 0 Å². The maximum absolute atomic E-state index is 5.22. The van der Waals surface area contributed by atoms with Crippen LogP contribution in [0.4, 0.5) is 0 Å². The van der Waals surface area contributed by atoms with Crippen LogP contribution in [0.5, 0.6) is 0 Å². The summed E-state index contributed by atoms with van der Waals surface area (Å²) >= 11 is 0. The predicted molar refractivity (Wildman–Crippen MR) is 50.3 cm³/mol. The minimum atomic E-state index is 0.591. The maximum atomic E-state index is 5.22. The van der Waals surface area contributed by atoms with Crippen molar-refractivity contribution in [2.75, 3.05) is 26.3 Å². The first-order chi connectivity index (χ1) is 5.83. The monoisotopic (exact) mass is 170 g/mol. The van der Waals surface area contributed by atoms with E-state index in [9.17, 15) is 0 Å². The van der Waals surface area contributed by atoms with Gasteiger partial charge in [0.1, 0.15) is 0 Å². The molecule has 0 N–H and O–H groups in total. The van der Waals surface area contributed by atoms with Gasteiger partial charge in [-0.3, -0.25) is 5.01 Å². The lowest BCUT2D eigenvalue weighted by atomic mass is 10.1. The van der Waals surface area contributed by atoms with E-state index < -0.39 is 0 Å². The van der Waals surface area contributed by atoms with E-state index in [-0.39, 0.29) is 0 Å². The quantitative estimate of drug-likeness (QED) is 0.597. The van der Waals surface area contributed by atoms with Crippen LogP contribution in [0.1, 0.15) is 20.3 Å². The molecular formula is C9H18N2O. The van der Waals surface area contributed by atoms with Gasteiger partial charge in [0, 0.05) is 6.21 Å². The van der Waals surface area contributed by atoms with Crippen molar-refractivity contribution >= 4 is 6.21 Å². The van der Waals surface area contributed by atoms with Gasteiger partial charge in [-0.15, -0.1) is 0 Å². The van der Waals surface area contributed by atoms with E-state index in [0.717, 1.165) is 32.7 Å². The smallest absolute Gasteiger partial charge is 0.0659 e. The highest BCUT2D eigenvalue weighted by Gasteiger charge is 2.06. The van der Waals surface area contributed by atoms with Crippen molar-refractivity contribution in [3.8, 4) is 0 Å². The van der Waals surface area contributed by atoms with Crippen LogP contribution in [0.25, 0.3) is 0 Å². The molecule has 0 bridgehead atoms. The second kappa shape index (κ2) is 5.14. The molecule has 0 aromatic carbocycles. The summed E-state index contributed by atoms with van der Waals surface area (Å²) in [5.41, 5.74) is 0. The summed E-state index contributed by atoms with van der Waals surface area (Å²) in [6, 6.07) is 0. The highest BCUT2D eigenvalue weighted by Crippen LogP contribution is 2.00. The summed E-state index contributed by atoms with van der Waals surface area (Å²) in [6.07, 6.45) is 3.19. The van der Waals surface area contributed by atoms with Gasteiger partial charge in [0.2, 0.25) is 0 Å². The largest absolute Gasteiger partial charge is 0.378 e. The van der Waals surface area contributed by atoms with Crippen LogP contribution in [0.2, 0.25) is 0 Å². The third-order valence-electron chi connectivity index (χ3n) is 2.12. The van der Waals surface area contributed by atoms with Crippen LogP contribution in [0, 0.1) is 5.92 Å². The Morgan fingerprint density at radius 1 is 1.50 bits per heavy atom. The van der Waals surface area contributed by atoms with Crippen molar-refractivity contribution in [3.05, 3.63) is 0 Å². The zero-order chi connectivity index (χ0) is 8.81. The summed E-state index contributed by atoms with van der Waals surface area (Å²) in [7, 11) is 0. The molecule has 0 aliphatic carbocycles. The lowest BCUT2D eigenvalue weighted by Crippen LogP contribution is -2.32. The summed E-state index contributed by atoms with van der Waals surface area (Å²) in [6.45, 7) is 7.87. The van der Waals surface area contributed by atoms with E-state index in [0.29, 0.717) is 5.92 Å². The van der Waals surface area contributed by atoms with Crippen LogP contribution in [0.15, 0.2) is 5.10 Å². The highest BCUT2D eigenvalue weighted by atomic mass is 16.5. The first-order valence-corrected chi connectivity index (χ1v) is 4.69. The molecule has 0 saturated carbocycles. The van der Waals surface area contributed by atoms with Crippen molar-refractivity contribution < 1.29 is 4.74 Å². The molecule has 3 nitrogen and oxygen atoms in total. The van der Waals surface area contributed by atoms with Crippen LogP contribution in [-0.4, -0.2) is 37.5 Å². The molecule has 1 unspecified atom stereocenters. The van der Waals surface area contributed by atoms with Crippen molar-refractivity contribution in [3.63, 3.8) is 0 Å². The first-order valence-electron chi connectivity index (χ1n) is 4.69. The molecule has 0 radical (unpaired) electrons. The average molecular weight is 170 g/mol. The van der Waals surface area contributed by atoms with E-state index in [1.54, 1.807) is 0 Å². The van der Waals surface area contributed by atoms with Crippen molar-refractivity contribution in [1.29, 1.82) is 0 Å². The predicted octanol–water partition coefficient (Wildman–Crippen LogP) is 1.35. The van der Waals surface area contributed by atoms with Gasteiger partial charge >= 0.3 is 0 Å². The summed E-state index contributed by atoms with van der Waals surface area (Å²) in [5.74, 6) is 0.591. The molecule has 1 atom stereocenters. The van der Waals surface area contributed by atoms with E-state index in [2.05, 4.69) is 24.0 Å². The normalized spacial score (nSPS) is 21.7. The number of ether oxygens (including phenoxy) is 1. The minimum absolute atomic E-state index is 0.591. The second-order valence-electron chi connectivity index (χ2n) is 3.22. The third kappa shape index (κ3) is 3.22. The van der Waals surface area contributed by atoms with Crippen molar-refractivity contribution in [2.45, 2.75) is 20.3 Å². The Balaban J connectivity index is 2.23.